The van der Waals surface area contributed by atoms with Crippen LogP contribution in [0.3, 0.4) is 0 Å². The number of hydrogen-bond acceptors (Lipinski definition) is 8. The van der Waals surface area contributed by atoms with Gasteiger partial charge in [-0.1, -0.05) is 42.2 Å². The number of aryl methyl sites for hydroxylation is 1. The van der Waals surface area contributed by atoms with Crippen LogP contribution in [0.15, 0.2) is 34.0 Å². The van der Waals surface area contributed by atoms with Gasteiger partial charge in [0.15, 0.2) is 0 Å². The van der Waals surface area contributed by atoms with Gasteiger partial charge in [0.25, 0.3) is 11.5 Å². The summed E-state index contributed by atoms with van der Waals surface area (Å²) in [7, 11) is 0. The molecule has 2 amide bonds. The first-order valence-corrected chi connectivity index (χ1v) is 14.3. The Kier molecular flexibility index (Phi) is 9.45. The highest BCUT2D eigenvalue weighted by molar-refractivity contribution is 8.26. The van der Waals surface area contributed by atoms with E-state index in [4.69, 9.17) is 21.7 Å². The van der Waals surface area contributed by atoms with Crippen molar-refractivity contribution in [3.05, 3.63) is 45.1 Å². The van der Waals surface area contributed by atoms with Crippen LogP contribution in [-0.4, -0.2) is 83.2 Å². The van der Waals surface area contributed by atoms with Crippen LogP contribution >= 0.6 is 24.0 Å². The number of thioether (sulfide) groups is 1. The molecule has 2 fully saturated rings. The number of nitrogens with zero attached hydrogens (tertiary/aromatic N) is 4. The van der Waals surface area contributed by atoms with Gasteiger partial charge < -0.3 is 23.8 Å². The lowest BCUT2D eigenvalue weighted by Crippen LogP contribution is -2.49. The van der Waals surface area contributed by atoms with Gasteiger partial charge in [-0.15, -0.1) is 0 Å². The number of pyridine rings is 1. The molecule has 0 spiro atoms. The van der Waals surface area contributed by atoms with E-state index in [2.05, 4.69) is 4.90 Å². The summed E-state index contributed by atoms with van der Waals surface area (Å²) in [5.41, 5.74) is 1.92. The van der Waals surface area contributed by atoms with E-state index in [0.29, 0.717) is 80.3 Å². The second kappa shape index (κ2) is 12.8. The Morgan fingerprint density at radius 2 is 1.82 bits per heavy atom. The molecular formula is C27H34N4O5S2. The van der Waals surface area contributed by atoms with Gasteiger partial charge in [0.1, 0.15) is 4.32 Å². The molecule has 4 rings (SSSR count). The summed E-state index contributed by atoms with van der Waals surface area (Å²) < 4.78 is 12.8. The quantitative estimate of drug-likeness (QED) is 0.260. The molecule has 0 saturated carbocycles. The molecule has 204 valence electrons. The molecule has 9 nitrogen and oxygen atoms in total. The summed E-state index contributed by atoms with van der Waals surface area (Å²) in [6, 6.07) is 7.82. The number of rotatable bonds is 9. The number of carbonyl (C=O) groups excluding carboxylic acids is 2. The van der Waals surface area contributed by atoms with Crippen LogP contribution < -0.4 is 10.5 Å². The van der Waals surface area contributed by atoms with Gasteiger partial charge in [-0.05, 0) is 39.3 Å². The zero-order chi connectivity index (χ0) is 27.2. The fraction of sp³-hybridized carbons (Fsp3) is 0.481. The SMILES string of the molecule is CCOCCCN1C(=O)C(=Cc2c(N3CCN(C(=O)OCC)CC3)c3ccccc3n(CC)c2=O)SC1=S. The molecule has 2 aliphatic rings. The third-order valence-corrected chi connectivity index (χ3v) is 8.02. The van der Waals surface area contributed by atoms with Crippen molar-refractivity contribution < 1.29 is 19.1 Å². The smallest absolute Gasteiger partial charge is 0.409 e. The van der Waals surface area contributed by atoms with Crippen LogP contribution in [-0.2, 0) is 20.8 Å². The minimum atomic E-state index is -0.327. The van der Waals surface area contributed by atoms with Gasteiger partial charge in [0, 0.05) is 57.9 Å². The molecule has 0 bridgehead atoms. The molecule has 0 unspecified atom stereocenters. The van der Waals surface area contributed by atoms with Crippen molar-refractivity contribution in [3.8, 4) is 0 Å². The average molecular weight is 559 g/mol. The summed E-state index contributed by atoms with van der Waals surface area (Å²) >= 11 is 6.73. The average Bonchev–Trinajstić information content (AvgIpc) is 3.19. The van der Waals surface area contributed by atoms with Crippen LogP contribution in [0.1, 0.15) is 32.8 Å². The molecule has 0 aliphatic carbocycles. The molecule has 1 aromatic carbocycles. The summed E-state index contributed by atoms with van der Waals surface area (Å²) in [6.07, 6.45) is 2.06. The minimum Gasteiger partial charge on any atom is -0.450 e. The van der Waals surface area contributed by atoms with Crippen molar-refractivity contribution >= 4 is 63.0 Å². The first-order valence-electron chi connectivity index (χ1n) is 13.1. The Morgan fingerprint density at radius 3 is 2.50 bits per heavy atom. The number of ether oxygens (including phenoxy) is 2. The number of carbonyl (C=O) groups is 2. The summed E-state index contributed by atoms with van der Waals surface area (Å²) in [4.78, 5) is 45.3. The number of anilines is 1. The maximum absolute atomic E-state index is 13.9. The number of amides is 2. The summed E-state index contributed by atoms with van der Waals surface area (Å²) in [5, 5.41) is 0.928. The Balaban J connectivity index is 1.73. The number of para-hydroxylation sites is 1. The molecule has 2 saturated heterocycles. The Bertz CT molecular complexity index is 1300. The monoisotopic (exact) mass is 558 g/mol. The Morgan fingerprint density at radius 1 is 1.08 bits per heavy atom. The Labute approximate surface area is 232 Å². The fourth-order valence-corrected chi connectivity index (χ4v) is 6.11. The van der Waals surface area contributed by atoms with Gasteiger partial charge in [-0.3, -0.25) is 14.5 Å². The van der Waals surface area contributed by atoms with E-state index in [1.807, 2.05) is 38.1 Å². The van der Waals surface area contributed by atoms with Crippen molar-refractivity contribution in [1.82, 2.24) is 14.4 Å². The van der Waals surface area contributed by atoms with E-state index >= 15 is 0 Å². The second-order valence-corrected chi connectivity index (χ2v) is 10.6. The first kappa shape index (κ1) is 28.1. The predicted molar refractivity (Wildman–Crippen MR) is 156 cm³/mol. The van der Waals surface area contributed by atoms with Gasteiger partial charge >= 0.3 is 6.09 Å². The van der Waals surface area contributed by atoms with E-state index in [-0.39, 0.29) is 17.6 Å². The molecule has 1 aromatic heterocycles. The maximum atomic E-state index is 13.9. The van der Waals surface area contributed by atoms with Crippen molar-refractivity contribution in [2.45, 2.75) is 33.7 Å². The number of thiocarbonyl (C=S) groups is 1. The van der Waals surface area contributed by atoms with Crippen molar-refractivity contribution in [2.75, 3.05) is 57.4 Å². The highest BCUT2D eigenvalue weighted by atomic mass is 32.2. The topological polar surface area (TPSA) is 84.3 Å². The van der Waals surface area contributed by atoms with E-state index in [0.717, 1.165) is 16.6 Å². The number of aromatic nitrogens is 1. The lowest BCUT2D eigenvalue weighted by molar-refractivity contribution is -0.122. The Hall–Kier alpha value is -2.89. The zero-order valence-electron chi connectivity index (χ0n) is 22.1. The number of hydrogen-bond donors (Lipinski definition) is 0. The third kappa shape index (κ3) is 5.74. The highest BCUT2D eigenvalue weighted by Crippen LogP contribution is 2.36. The third-order valence-electron chi connectivity index (χ3n) is 6.64. The van der Waals surface area contributed by atoms with Gasteiger partial charge in [-0.2, -0.15) is 0 Å². The number of fused-ring (bicyclic) bond motifs is 1. The van der Waals surface area contributed by atoms with Crippen LogP contribution in [0, 0.1) is 0 Å². The standard InChI is InChI=1S/C27H34N4O5S2/c1-4-30-21-11-8-7-10-19(21)23(28-13-15-29(16-14-28)26(34)36-6-3)20(24(30)32)18-22-25(33)31(27(37)38-22)12-9-17-35-5-2/h7-8,10-11,18H,4-6,9,12-17H2,1-3H3. The largest absolute Gasteiger partial charge is 0.450 e. The maximum Gasteiger partial charge on any atom is 0.409 e. The molecule has 0 atom stereocenters. The normalized spacial score (nSPS) is 17.2. The molecule has 0 radical (unpaired) electrons. The van der Waals surface area contributed by atoms with Gasteiger partial charge in [-0.25, -0.2) is 4.79 Å². The highest BCUT2D eigenvalue weighted by Gasteiger charge is 2.33. The summed E-state index contributed by atoms with van der Waals surface area (Å²) in [5.74, 6) is -0.190. The van der Waals surface area contributed by atoms with Crippen LogP contribution in [0.25, 0.3) is 17.0 Å². The van der Waals surface area contributed by atoms with Crippen molar-refractivity contribution in [2.24, 2.45) is 0 Å². The molecular weight excluding hydrogens is 524 g/mol. The van der Waals surface area contributed by atoms with Crippen LogP contribution in [0.4, 0.5) is 10.5 Å². The molecule has 2 aromatic rings. The van der Waals surface area contributed by atoms with E-state index in [1.165, 1.54) is 11.8 Å². The first-order chi connectivity index (χ1) is 18.4. The van der Waals surface area contributed by atoms with Crippen molar-refractivity contribution in [3.63, 3.8) is 0 Å². The minimum absolute atomic E-state index is 0.157. The van der Waals surface area contributed by atoms with E-state index in [9.17, 15) is 14.4 Å². The molecule has 0 N–H and O–H groups in total. The lowest BCUT2D eigenvalue weighted by Gasteiger charge is -2.37. The lowest BCUT2D eigenvalue weighted by atomic mass is 10.0. The number of benzene rings is 1. The predicted octanol–water partition coefficient (Wildman–Crippen LogP) is 3.93. The molecule has 3 heterocycles. The molecule has 38 heavy (non-hydrogen) atoms. The molecule has 11 heteroatoms. The van der Waals surface area contributed by atoms with E-state index < -0.39 is 0 Å². The van der Waals surface area contributed by atoms with Crippen LogP contribution in [0.5, 0.6) is 0 Å². The fourth-order valence-electron chi connectivity index (χ4n) is 4.82. The molecule has 2 aliphatic heterocycles. The zero-order valence-corrected chi connectivity index (χ0v) is 23.7. The van der Waals surface area contributed by atoms with Crippen molar-refractivity contribution in [1.29, 1.82) is 0 Å². The summed E-state index contributed by atoms with van der Waals surface area (Å²) in [6.45, 7) is 10.2. The van der Waals surface area contributed by atoms with E-state index in [1.54, 1.807) is 27.4 Å². The second-order valence-electron chi connectivity index (χ2n) is 8.89. The van der Waals surface area contributed by atoms with Gasteiger partial charge in [0.05, 0.1) is 28.3 Å². The van der Waals surface area contributed by atoms with Gasteiger partial charge in [0.2, 0.25) is 0 Å². The van der Waals surface area contributed by atoms with Crippen LogP contribution in [0.2, 0.25) is 0 Å². The number of piperazine rings is 1.